The second-order valence-electron chi connectivity index (χ2n) is 5.19. The number of carbonyl (C=O) groups excluding carboxylic acids is 1. The van der Waals surface area contributed by atoms with E-state index >= 15 is 0 Å². The second-order valence-corrected chi connectivity index (χ2v) is 5.19. The molecule has 0 spiro atoms. The first-order chi connectivity index (χ1) is 9.97. The van der Waals surface area contributed by atoms with Crippen LogP contribution in [-0.2, 0) is 4.79 Å². The number of ether oxygens (including phenoxy) is 1. The van der Waals surface area contributed by atoms with E-state index in [-0.39, 0.29) is 23.8 Å². The molecular weight excluding hydrogens is 271 g/mol. The average Bonchev–Trinajstić information content (AvgIpc) is 2.46. The highest BCUT2D eigenvalue weighted by Gasteiger charge is 2.12. The molecule has 0 aliphatic rings. The summed E-state index contributed by atoms with van der Waals surface area (Å²) in [5.74, 6) is 0.203. The highest BCUT2D eigenvalue weighted by Crippen LogP contribution is 2.21. The van der Waals surface area contributed by atoms with E-state index < -0.39 is 0 Å². The van der Waals surface area contributed by atoms with Crippen molar-refractivity contribution in [3.63, 3.8) is 0 Å². The van der Waals surface area contributed by atoms with Crippen LogP contribution in [0.15, 0.2) is 18.2 Å². The molecule has 0 aliphatic heterocycles. The topological polar surface area (TPSA) is 50.4 Å². The Balaban J connectivity index is 2.43. The Morgan fingerprint density at radius 2 is 2.10 bits per heavy atom. The molecule has 0 aromatic heterocycles. The van der Waals surface area contributed by atoms with Crippen molar-refractivity contribution in [1.82, 2.24) is 10.6 Å². The zero-order chi connectivity index (χ0) is 15.8. The van der Waals surface area contributed by atoms with E-state index in [1.54, 1.807) is 12.1 Å². The molecule has 2 atom stereocenters. The van der Waals surface area contributed by atoms with E-state index in [2.05, 4.69) is 10.6 Å². The van der Waals surface area contributed by atoms with Crippen LogP contribution in [0.25, 0.3) is 0 Å². The molecule has 0 aliphatic carbocycles. The Morgan fingerprint density at radius 1 is 1.38 bits per heavy atom. The molecule has 0 saturated carbocycles. The highest BCUT2D eigenvalue weighted by molar-refractivity contribution is 5.76. The number of amides is 1. The van der Waals surface area contributed by atoms with Gasteiger partial charge in [0.1, 0.15) is 11.6 Å². The third-order valence-corrected chi connectivity index (χ3v) is 3.50. The molecule has 1 amide bonds. The van der Waals surface area contributed by atoms with Gasteiger partial charge in [0.05, 0.1) is 7.11 Å². The molecule has 1 aromatic rings. The fraction of sp³-hybridized carbons (Fsp3) is 0.562. The summed E-state index contributed by atoms with van der Waals surface area (Å²) in [6.45, 7) is 6.38. The molecule has 0 saturated heterocycles. The van der Waals surface area contributed by atoms with Gasteiger partial charge in [-0.3, -0.25) is 4.79 Å². The minimum absolute atomic E-state index is 0.0132. The number of hydrogen-bond donors (Lipinski definition) is 2. The van der Waals surface area contributed by atoms with Gasteiger partial charge < -0.3 is 15.4 Å². The molecule has 118 valence electrons. The van der Waals surface area contributed by atoms with E-state index in [0.29, 0.717) is 24.3 Å². The SMILES string of the molecule is CCC(C)NC(=O)CCNC(C)c1ccc(OC)cc1F. The first-order valence-electron chi connectivity index (χ1n) is 7.34. The van der Waals surface area contributed by atoms with Crippen LogP contribution < -0.4 is 15.4 Å². The molecule has 1 rings (SSSR count). The average molecular weight is 296 g/mol. The van der Waals surface area contributed by atoms with Crippen LogP contribution in [0.5, 0.6) is 5.75 Å². The van der Waals surface area contributed by atoms with Gasteiger partial charge in [0.2, 0.25) is 5.91 Å². The van der Waals surface area contributed by atoms with E-state index in [1.807, 2.05) is 20.8 Å². The predicted octanol–water partition coefficient (Wildman–Crippen LogP) is 2.79. The van der Waals surface area contributed by atoms with Crippen LogP contribution in [0.2, 0.25) is 0 Å². The lowest BCUT2D eigenvalue weighted by Crippen LogP contribution is -2.34. The fourth-order valence-corrected chi connectivity index (χ4v) is 1.95. The van der Waals surface area contributed by atoms with Gasteiger partial charge >= 0.3 is 0 Å². The first kappa shape index (κ1) is 17.4. The largest absolute Gasteiger partial charge is 0.497 e. The maximum atomic E-state index is 13.9. The molecule has 0 heterocycles. The van der Waals surface area contributed by atoms with Crippen molar-refractivity contribution in [3.8, 4) is 5.75 Å². The van der Waals surface area contributed by atoms with Gasteiger partial charge in [-0.1, -0.05) is 13.0 Å². The quantitative estimate of drug-likeness (QED) is 0.775. The van der Waals surface area contributed by atoms with Crippen molar-refractivity contribution in [1.29, 1.82) is 0 Å². The molecule has 2 unspecified atom stereocenters. The van der Waals surface area contributed by atoms with Crippen molar-refractivity contribution in [2.45, 2.75) is 45.7 Å². The zero-order valence-corrected chi connectivity index (χ0v) is 13.2. The Bertz CT molecular complexity index is 466. The van der Waals surface area contributed by atoms with Crippen molar-refractivity contribution in [2.24, 2.45) is 0 Å². The van der Waals surface area contributed by atoms with E-state index in [4.69, 9.17) is 4.74 Å². The van der Waals surface area contributed by atoms with Gasteiger partial charge in [0.25, 0.3) is 0 Å². The molecule has 1 aromatic carbocycles. The van der Waals surface area contributed by atoms with Gasteiger partial charge in [-0.25, -0.2) is 4.39 Å². The van der Waals surface area contributed by atoms with Gasteiger partial charge in [-0.05, 0) is 26.3 Å². The van der Waals surface area contributed by atoms with Gasteiger partial charge in [0.15, 0.2) is 0 Å². The van der Waals surface area contributed by atoms with Crippen molar-refractivity contribution in [3.05, 3.63) is 29.6 Å². The van der Waals surface area contributed by atoms with E-state index in [0.717, 1.165) is 6.42 Å². The summed E-state index contributed by atoms with van der Waals surface area (Å²) in [4.78, 5) is 11.6. The molecular formula is C16H25FN2O2. The minimum atomic E-state index is -0.307. The van der Waals surface area contributed by atoms with Crippen LogP contribution in [0.3, 0.4) is 0 Å². The third kappa shape index (κ3) is 5.71. The molecule has 0 bridgehead atoms. The molecule has 2 N–H and O–H groups in total. The number of nitrogens with one attached hydrogen (secondary N) is 2. The number of carbonyl (C=O) groups is 1. The lowest BCUT2D eigenvalue weighted by atomic mass is 10.1. The predicted molar refractivity (Wildman–Crippen MR) is 81.9 cm³/mol. The Labute approximate surface area is 126 Å². The molecule has 0 fully saturated rings. The lowest BCUT2D eigenvalue weighted by Gasteiger charge is -2.16. The smallest absolute Gasteiger partial charge is 0.221 e. The Morgan fingerprint density at radius 3 is 2.67 bits per heavy atom. The zero-order valence-electron chi connectivity index (χ0n) is 13.2. The van der Waals surface area contributed by atoms with E-state index in [9.17, 15) is 9.18 Å². The van der Waals surface area contributed by atoms with Crippen LogP contribution in [0.4, 0.5) is 4.39 Å². The summed E-state index contributed by atoms with van der Waals surface area (Å²) in [6.07, 6.45) is 1.29. The summed E-state index contributed by atoms with van der Waals surface area (Å²) in [5, 5.41) is 6.06. The maximum Gasteiger partial charge on any atom is 0.221 e. The normalized spacial score (nSPS) is 13.6. The highest BCUT2D eigenvalue weighted by atomic mass is 19.1. The van der Waals surface area contributed by atoms with Crippen LogP contribution in [-0.4, -0.2) is 25.6 Å². The number of methoxy groups -OCH3 is 1. The Hall–Kier alpha value is -1.62. The lowest BCUT2D eigenvalue weighted by molar-refractivity contribution is -0.121. The summed E-state index contributed by atoms with van der Waals surface area (Å²) in [5.41, 5.74) is 0.568. The number of halogens is 1. The fourth-order valence-electron chi connectivity index (χ4n) is 1.95. The maximum absolute atomic E-state index is 13.9. The number of hydrogen-bond acceptors (Lipinski definition) is 3. The van der Waals surface area contributed by atoms with Crippen molar-refractivity contribution < 1.29 is 13.9 Å². The number of rotatable bonds is 8. The van der Waals surface area contributed by atoms with Crippen molar-refractivity contribution in [2.75, 3.05) is 13.7 Å². The number of benzene rings is 1. The first-order valence-corrected chi connectivity index (χ1v) is 7.34. The van der Waals surface area contributed by atoms with Gasteiger partial charge in [-0.15, -0.1) is 0 Å². The summed E-state index contributed by atoms with van der Waals surface area (Å²) < 4.78 is 18.9. The molecule has 0 radical (unpaired) electrons. The van der Waals surface area contributed by atoms with E-state index in [1.165, 1.54) is 13.2 Å². The summed E-state index contributed by atoms with van der Waals surface area (Å²) in [7, 11) is 1.51. The van der Waals surface area contributed by atoms with Gasteiger partial charge in [0, 0.05) is 36.7 Å². The van der Waals surface area contributed by atoms with Crippen LogP contribution in [0.1, 0.15) is 45.2 Å². The molecule has 5 heteroatoms. The summed E-state index contributed by atoms with van der Waals surface area (Å²) in [6, 6.07) is 4.82. The van der Waals surface area contributed by atoms with Gasteiger partial charge in [-0.2, -0.15) is 0 Å². The Kier molecular flexibility index (Phi) is 7.15. The van der Waals surface area contributed by atoms with Crippen LogP contribution in [0, 0.1) is 5.82 Å². The molecule has 21 heavy (non-hydrogen) atoms. The molecule has 4 nitrogen and oxygen atoms in total. The van der Waals surface area contributed by atoms with Crippen molar-refractivity contribution >= 4 is 5.91 Å². The monoisotopic (exact) mass is 296 g/mol. The standard InChI is InChI=1S/C16H25FN2O2/c1-5-11(2)19-16(20)8-9-18-12(3)14-7-6-13(21-4)10-15(14)17/h6-7,10-12,18H,5,8-9H2,1-4H3,(H,19,20). The third-order valence-electron chi connectivity index (χ3n) is 3.50. The summed E-state index contributed by atoms with van der Waals surface area (Å²) >= 11 is 0. The van der Waals surface area contributed by atoms with Crippen LogP contribution >= 0.6 is 0 Å². The second kappa shape index (κ2) is 8.62. The minimum Gasteiger partial charge on any atom is -0.497 e.